The molecule has 0 atom stereocenters. The summed E-state index contributed by atoms with van der Waals surface area (Å²) in [6.45, 7) is 3.80. The molecule has 0 saturated carbocycles. The summed E-state index contributed by atoms with van der Waals surface area (Å²) in [6.07, 6.45) is 5.13. The highest BCUT2D eigenvalue weighted by Crippen LogP contribution is 2.24. The van der Waals surface area contributed by atoms with Gasteiger partial charge in [-0.15, -0.1) is 0 Å². The standard InChI is InChI=1S/C27H28N4O2/c1-19-16-24(10-13-29-19)22-4-2-20(3-5-22)17-27(33)30-25-8-6-21(7-9-25)23-11-14-31(15-12-23)18-26(28)32/h2-11,13,16H,12,14-15,17-18H2,1H3,(H2,28,32)(H,30,33). The third-order valence-corrected chi connectivity index (χ3v) is 5.76. The Labute approximate surface area is 194 Å². The zero-order valence-corrected chi connectivity index (χ0v) is 18.8. The molecule has 6 heteroatoms. The first-order chi connectivity index (χ1) is 16.0. The van der Waals surface area contributed by atoms with E-state index in [4.69, 9.17) is 5.73 Å². The van der Waals surface area contributed by atoms with E-state index in [-0.39, 0.29) is 11.8 Å². The van der Waals surface area contributed by atoms with Crippen LogP contribution in [-0.2, 0) is 16.0 Å². The number of benzene rings is 2. The van der Waals surface area contributed by atoms with Gasteiger partial charge in [0.1, 0.15) is 0 Å². The molecule has 1 aliphatic rings. The lowest BCUT2D eigenvalue weighted by atomic mass is 9.99. The van der Waals surface area contributed by atoms with E-state index in [0.717, 1.165) is 53.1 Å². The average Bonchev–Trinajstić information content (AvgIpc) is 2.80. The van der Waals surface area contributed by atoms with Gasteiger partial charge in [-0.3, -0.25) is 19.5 Å². The Morgan fingerprint density at radius 1 is 1.00 bits per heavy atom. The Hall–Kier alpha value is -3.77. The van der Waals surface area contributed by atoms with Gasteiger partial charge in [-0.25, -0.2) is 0 Å². The van der Waals surface area contributed by atoms with Crippen molar-refractivity contribution >= 4 is 23.1 Å². The first-order valence-electron chi connectivity index (χ1n) is 11.1. The molecular weight excluding hydrogens is 412 g/mol. The molecule has 2 amide bonds. The van der Waals surface area contributed by atoms with Crippen LogP contribution >= 0.6 is 0 Å². The zero-order valence-electron chi connectivity index (χ0n) is 18.8. The Morgan fingerprint density at radius 2 is 1.73 bits per heavy atom. The maximum atomic E-state index is 12.5. The molecule has 1 aliphatic heterocycles. The number of primary amides is 1. The smallest absolute Gasteiger partial charge is 0.231 e. The number of hydrogen-bond donors (Lipinski definition) is 2. The lowest BCUT2D eigenvalue weighted by Gasteiger charge is -2.25. The molecule has 0 radical (unpaired) electrons. The molecule has 1 aromatic heterocycles. The van der Waals surface area contributed by atoms with Crippen molar-refractivity contribution in [2.24, 2.45) is 5.73 Å². The highest BCUT2D eigenvalue weighted by molar-refractivity contribution is 5.92. The number of nitrogens with one attached hydrogen (secondary N) is 1. The summed E-state index contributed by atoms with van der Waals surface area (Å²) in [5, 5.41) is 2.98. The monoisotopic (exact) mass is 440 g/mol. The van der Waals surface area contributed by atoms with Crippen molar-refractivity contribution < 1.29 is 9.59 Å². The van der Waals surface area contributed by atoms with E-state index >= 15 is 0 Å². The Kier molecular flexibility index (Phi) is 6.95. The number of amides is 2. The maximum absolute atomic E-state index is 12.5. The molecule has 0 spiro atoms. The molecule has 4 rings (SSSR count). The van der Waals surface area contributed by atoms with Gasteiger partial charge < -0.3 is 11.1 Å². The van der Waals surface area contributed by atoms with Gasteiger partial charge in [-0.1, -0.05) is 42.5 Å². The predicted octanol–water partition coefficient (Wildman–Crippen LogP) is 3.81. The topological polar surface area (TPSA) is 88.3 Å². The van der Waals surface area contributed by atoms with Gasteiger partial charge in [-0.05, 0) is 65.4 Å². The Bertz CT molecular complexity index is 1170. The molecular formula is C27H28N4O2. The molecule has 2 heterocycles. The number of pyridine rings is 1. The highest BCUT2D eigenvalue weighted by Gasteiger charge is 2.14. The fourth-order valence-electron chi connectivity index (χ4n) is 4.04. The highest BCUT2D eigenvalue weighted by atomic mass is 16.2. The molecule has 0 unspecified atom stereocenters. The lowest BCUT2D eigenvalue weighted by Crippen LogP contribution is -2.36. The Balaban J connectivity index is 1.32. The summed E-state index contributed by atoms with van der Waals surface area (Å²) in [4.78, 5) is 29.9. The fourth-order valence-corrected chi connectivity index (χ4v) is 4.04. The van der Waals surface area contributed by atoms with Crippen molar-refractivity contribution in [2.75, 3.05) is 25.0 Å². The van der Waals surface area contributed by atoms with E-state index in [2.05, 4.69) is 16.4 Å². The second kappa shape index (κ2) is 10.2. The van der Waals surface area contributed by atoms with Gasteiger partial charge in [0.25, 0.3) is 0 Å². The van der Waals surface area contributed by atoms with Crippen LogP contribution < -0.4 is 11.1 Å². The number of nitrogens with zero attached hydrogens (tertiary/aromatic N) is 2. The predicted molar refractivity (Wildman–Crippen MR) is 131 cm³/mol. The van der Waals surface area contributed by atoms with Crippen LogP contribution in [0.4, 0.5) is 5.69 Å². The first-order valence-corrected chi connectivity index (χ1v) is 11.1. The maximum Gasteiger partial charge on any atom is 0.231 e. The number of hydrogen-bond acceptors (Lipinski definition) is 4. The number of aryl methyl sites for hydroxylation is 1. The van der Waals surface area contributed by atoms with E-state index in [0.29, 0.717) is 13.0 Å². The molecule has 3 aromatic rings. The van der Waals surface area contributed by atoms with Crippen LogP contribution in [0.3, 0.4) is 0 Å². The van der Waals surface area contributed by atoms with E-state index in [1.165, 1.54) is 5.57 Å². The molecule has 0 aliphatic carbocycles. The third-order valence-electron chi connectivity index (χ3n) is 5.76. The quantitative estimate of drug-likeness (QED) is 0.585. The van der Waals surface area contributed by atoms with E-state index in [9.17, 15) is 9.59 Å². The average molecular weight is 441 g/mol. The molecule has 6 nitrogen and oxygen atoms in total. The molecule has 0 bridgehead atoms. The minimum atomic E-state index is -0.299. The molecule has 3 N–H and O–H groups in total. The van der Waals surface area contributed by atoms with Gasteiger partial charge in [0.2, 0.25) is 11.8 Å². The van der Waals surface area contributed by atoms with Crippen molar-refractivity contribution in [3.8, 4) is 11.1 Å². The van der Waals surface area contributed by atoms with Gasteiger partial charge in [0.15, 0.2) is 0 Å². The van der Waals surface area contributed by atoms with Crippen LogP contribution in [0.2, 0.25) is 0 Å². The second-order valence-corrected chi connectivity index (χ2v) is 8.37. The first kappa shape index (κ1) is 22.4. The van der Waals surface area contributed by atoms with Crippen LogP contribution in [0.1, 0.15) is 23.2 Å². The minimum absolute atomic E-state index is 0.0470. The van der Waals surface area contributed by atoms with Crippen molar-refractivity contribution in [3.63, 3.8) is 0 Å². The van der Waals surface area contributed by atoms with Crippen molar-refractivity contribution in [3.05, 3.63) is 89.8 Å². The fraction of sp³-hybridized carbons (Fsp3) is 0.222. The summed E-state index contributed by atoms with van der Waals surface area (Å²) in [5.74, 6) is -0.346. The van der Waals surface area contributed by atoms with Crippen LogP contribution in [0, 0.1) is 6.92 Å². The molecule has 0 saturated heterocycles. The van der Waals surface area contributed by atoms with Crippen molar-refractivity contribution in [1.29, 1.82) is 0 Å². The SMILES string of the molecule is Cc1cc(-c2ccc(CC(=O)Nc3ccc(C4=CCN(CC(N)=O)CC4)cc3)cc2)ccn1. The number of rotatable bonds is 7. The van der Waals surface area contributed by atoms with E-state index < -0.39 is 0 Å². The zero-order chi connectivity index (χ0) is 23.2. The van der Waals surface area contributed by atoms with Gasteiger partial charge in [-0.2, -0.15) is 0 Å². The van der Waals surface area contributed by atoms with Gasteiger partial charge in [0.05, 0.1) is 13.0 Å². The summed E-state index contributed by atoms with van der Waals surface area (Å²) in [6, 6.07) is 20.0. The van der Waals surface area contributed by atoms with Crippen molar-refractivity contribution in [1.82, 2.24) is 9.88 Å². The Morgan fingerprint density at radius 3 is 2.36 bits per heavy atom. The minimum Gasteiger partial charge on any atom is -0.369 e. The number of nitrogens with two attached hydrogens (primary N) is 1. The number of carbonyl (C=O) groups is 2. The van der Waals surface area contributed by atoms with Crippen LogP contribution in [0.25, 0.3) is 16.7 Å². The van der Waals surface area contributed by atoms with E-state index in [1.807, 2.05) is 72.5 Å². The number of carbonyl (C=O) groups excluding carboxylic acids is 2. The number of aromatic nitrogens is 1. The van der Waals surface area contributed by atoms with Crippen LogP contribution in [0.5, 0.6) is 0 Å². The summed E-state index contributed by atoms with van der Waals surface area (Å²) in [7, 11) is 0. The molecule has 168 valence electrons. The number of anilines is 1. The summed E-state index contributed by atoms with van der Waals surface area (Å²) < 4.78 is 0. The normalized spacial score (nSPS) is 13.9. The van der Waals surface area contributed by atoms with Crippen LogP contribution in [0.15, 0.2) is 72.9 Å². The van der Waals surface area contributed by atoms with Crippen molar-refractivity contribution in [2.45, 2.75) is 19.8 Å². The summed E-state index contributed by atoms with van der Waals surface area (Å²) in [5.41, 5.74) is 12.6. The van der Waals surface area contributed by atoms with Gasteiger partial charge >= 0.3 is 0 Å². The lowest BCUT2D eigenvalue weighted by molar-refractivity contribution is -0.119. The molecule has 0 fully saturated rings. The van der Waals surface area contributed by atoms with E-state index in [1.54, 1.807) is 6.20 Å². The third kappa shape index (κ3) is 6.14. The largest absolute Gasteiger partial charge is 0.369 e. The summed E-state index contributed by atoms with van der Waals surface area (Å²) >= 11 is 0. The molecule has 33 heavy (non-hydrogen) atoms. The van der Waals surface area contributed by atoms with Gasteiger partial charge in [0, 0.05) is 30.7 Å². The molecule has 2 aromatic carbocycles. The second-order valence-electron chi connectivity index (χ2n) is 8.37. The van der Waals surface area contributed by atoms with Crippen LogP contribution in [-0.4, -0.2) is 41.3 Å².